The van der Waals surface area contributed by atoms with E-state index in [-0.39, 0.29) is 39.9 Å². The van der Waals surface area contributed by atoms with E-state index in [4.69, 9.17) is 17.3 Å². The molecule has 39 heavy (non-hydrogen) atoms. The van der Waals surface area contributed by atoms with Gasteiger partial charge >= 0.3 is 0 Å². The van der Waals surface area contributed by atoms with Gasteiger partial charge in [-0.15, -0.1) is 0 Å². The molecule has 0 bridgehead atoms. The molecule has 0 atom stereocenters. The van der Waals surface area contributed by atoms with E-state index in [1.165, 1.54) is 29.2 Å². The summed E-state index contributed by atoms with van der Waals surface area (Å²) in [5, 5.41) is 15.9. The summed E-state index contributed by atoms with van der Waals surface area (Å²) in [7, 11) is 0. The van der Waals surface area contributed by atoms with Crippen molar-refractivity contribution in [2.45, 2.75) is 6.54 Å². The first-order valence-electron chi connectivity index (χ1n) is 11.4. The zero-order valence-electron chi connectivity index (χ0n) is 20.0. The molecule has 2 aromatic carbocycles. The average molecular weight is 549 g/mol. The van der Waals surface area contributed by atoms with Crippen molar-refractivity contribution >= 4 is 35.1 Å². The van der Waals surface area contributed by atoms with E-state index < -0.39 is 23.4 Å². The summed E-state index contributed by atoms with van der Waals surface area (Å²) in [6.07, 6.45) is 2.79. The van der Waals surface area contributed by atoms with Gasteiger partial charge in [-0.25, -0.2) is 13.5 Å². The van der Waals surface area contributed by atoms with Crippen LogP contribution in [-0.2, 0) is 6.54 Å². The van der Waals surface area contributed by atoms with Crippen molar-refractivity contribution in [2.24, 2.45) is 0 Å². The monoisotopic (exact) mass is 548 g/mol. The SMILES string of the molecule is Nc1[nH]ncc1CNC(=O)c1cc(NC(=O)c2cc(-c3ncccc3F)c(F)cc2Cl)n(-c2ccccc2)n1. The van der Waals surface area contributed by atoms with Crippen molar-refractivity contribution in [1.82, 2.24) is 30.3 Å². The molecule has 10 nitrogen and oxygen atoms in total. The molecule has 0 unspecified atom stereocenters. The predicted molar refractivity (Wildman–Crippen MR) is 140 cm³/mol. The Bertz CT molecular complexity index is 1690. The van der Waals surface area contributed by atoms with Gasteiger partial charge in [0.25, 0.3) is 11.8 Å². The molecule has 0 saturated heterocycles. The zero-order valence-corrected chi connectivity index (χ0v) is 20.7. The second-order valence-electron chi connectivity index (χ2n) is 8.25. The minimum absolute atomic E-state index is 0.00216. The van der Waals surface area contributed by atoms with Crippen LogP contribution in [0.2, 0.25) is 5.02 Å². The smallest absolute Gasteiger partial charge is 0.272 e. The van der Waals surface area contributed by atoms with Crippen molar-refractivity contribution in [2.75, 3.05) is 11.1 Å². The molecule has 196 valence electrons. The summed E-state index contributed by atoms with van der Waals surface area (Å²) in [4.78, 5) is 30.0. The van der Waals surface area contributed by atoms with E-state index in [0.717, 1.165) is 18.2 Å². The topological polar surface area (TPSA) is 144 Å². The number of nitrogens with one attached hydrogen (secondary N) is 3. The Hall–Kier alpha value is -5.10. The third kappa shape index (κ3) is 5.31. The predicted octanol–water partition coefficient (Wildman–Crippen LogP) is 4.35. The molecular weight excluding hydrogens is 530 g/mol. The number of nitrogen functional groups attached to an aromatic ring is 1. The van der Waals surface area contributed by atoms with Crippen LogP contribution in [0.4, 0.5) is 20.4 Å². The molecular formula is C26H19ClF2N8O2. The number of anilines is 2. The molecule has 0 fully saturated rings. The van der Waals surface area contributed by atoms with E-state index in [1.807, 2.05) is 0 Å². The molecule has 0 radical (unpaired) electrons. The fraction of sp³-hybridized carbons (Fsp3) is 0.0385. The van der Waals surface area contributed by atoms with Crippen molar-refractivity contribution in [3.05, 3.63) is 107 Å². The lowest BCUT2D eigenvalue weighted by Crippen LogP contribution is -2.23. The van der Waals surface area contributed by atoms with Crippen LogP contribution in [0.15, 0.2) is 73.1 Å². The normalized spacial score (nSPS) is 10.8. The highest BCUT2D eigenvalue weighted by molar-refractivity contribution is 6.34. The van der Waals surface area contributed by atoms with Crippen LogP contribution in [0, 0.1) is 11.6 Å². The van der Waals surface area contributed by atoms with Crippen molar-refractivity contribution in [3.8, 4) is 16.9 Å². The first-order valence-corrected chi connectivity index (χ1v) is 11.8. The van der Waals surface area contributed by atoms with Gasteiger partial charge in [0, 0.05) is 29.9 Å². The van der Waals surface area contributed by atoms with Crippen LogP contribution in [-0.4, -0.2) is 36.8 Å². The minimum atomic E-state index is -0.847. The molecule has 13 heteroatoms. The van der Waals surface area contributed by atoms with Crippen LogP contribution in [0.3, 0.4) is 0 Å². The molecule has 5 rings (SSSR count). The summed E-state index contributed by atoms with van der Waals surface area (Å²) in [6.45, 7) is 0.0963. The number of amides is 2. The van der Waals surface area contributed by atoms with Gasteiger partial charge in [0.2, 0.25) is 0 Å². The van der Waals surface area contributed by atoms with Crippen LogP contribution in [0.5, 0.6) is 0 Å². The summed E-state index contributed by atoms with van der Waals surface area (Å²) >= 11 is 6.19. The van der Waals surface area contributed by atoms with Gasteiger partial charge in [0.05, 0.1) is 22.5 Å². The zero-order chi connectivity index (χ0) is 27.5. The number of para-hydroxylation sites is 1. The number of H-pyrrole nitrogens is 1. The van der Waals surface area contributed by atoms with Gasteiger partial charge in [-0.05, 0) is 36.4 Å². The fourth-order valence-electron chi connectivity index (χ4n) is 3.75. The first-order chi connectivity index (χ1) is 18.8. The lowest BCUT2D eigenvalue weighted by molar-refractivity contribution is 0.0944. The quantitative estimate of drug-likeness (QED) is 0.238. The highest BCUT2D eigenvalue weighted by atomic mass is 35.5. The molecule has 5 aromatic rings. The third-order valence-electron chi connectivity index (χ3n) is 5.69. The Morgan fingerprint density at radius 2 is 1.82 bits per heavy atom. The first kappa shape index (κ1) is 25.5. The van der Waals surface area contributed by atoms with E-state index in [1.54, 1.807) is 30.3 Å². The molecule has 0 saturated carbocycles. The highest BCUT2D eigenvalue weighted by Gasteiger charge is 2.22. The Labute approximate surface area is 224 Å². The van der Waals surface area contributed by atoms with Crippen LogP contribution in [0.1, 0.15) is 26.4 Å². The molecule has 3 aromatic heterocycles. The molecule has 0 aliphatic heterocycles. The molecule has 2 amide bonds. The maximum Gasteiger partial charge on any atom is 0.272 e. The highest BCUT2D eigenvalue weighted by Crippen LogP contribution is 2.30. The van der Waals surface area contributed by atoms with Crippen molar-refractivity contribution in [3.63, 3.8) is 0 Å². The number of carbonyl (C=O) groups excluding carboxylic acids is 2. The molecule has 5 N–H and O–H groups in total. The van der Waals surface area contributed by atoms with Gasteiger partial charge in [-0.2, -0.15) is 10.2 Å². The number of pyridine rings is 1. The summed E-state index contributed by atoms with van der Waals surface area (Å²) < 4.78 is 30.3. The van der Waals surface area contributed by atoms with Gasteiger partial charge in [0.1, 0.15) is 29.0 Å². The lowest BCUT2D eigenvalue weighted by Gasteiger charge is -2.11. The Kier molecular flexibility index (Phi) is 7.02. The number of nitrogens with zero attached hydrogens (tertiary/aromatic N) is 4. The molecule has 0 aliphatic carbocycles. The number of aromatic nitrogens is 5. The number of hydrogen-bond acceptors (Lipinski definition) is 6. The van der Waals surface area contributed by atoms with Crippen LogP contribution < -0.4 is 16.4 Å². The molecule has 3 heterocycles. The van der Waals surface area contributed by atoms with Crippen LogP contribution in [0.25, 0.3) is 16.9 Å². The van der Waals surface area contributed by atoms with Gasteiger partial charge < -0.3 is 16.4 Å². The Balaban J connectivity index is 1.47. The number of hydrogen-bond donors (Lipinski definition) is 4. The van der Waals surface area contributed by atoms with Crippen molar-refractivity contribution in [1.29, 1.82) is 0 Å². The number of aromatic amines is 1. The largest absolute Gasteiger partial charge is 0.384 e. The fourth-order valence-corrected chi connectivity index (χ4v) is 3.98. The maximum atomic E-state index is 14.7. The second kappa shape index (κ2) is 10.7. The summed E-state index contributed by atoms with van der Waals surface area (Å²) in [5.74, 6) is -2.44. The third-order valence-corrected chi connectivity index (χ3v) is 6.00. The standard InChI is InChI=1S/C26H19ClF2N8O2/c27-18-10-20(29)17(23-19(28)7-4-8-31-23)9-16(18)25(38)34-22-11-21(36-37(22)15-5-2-1-3-6-15)26(39)32-12-14-13-33-35-24(14)30/h1-11,13H,12H2,(H,32,39)(H,34,38)(H3,30,33,35). The van der Waals surface area contributed by atoms with E-state index >= 15 is 0 Å². The Morgan fingerprint density at radius 3 is 2.54 bits per heavy atom. The number of nitrogens with two attached hydrogens (primary N) is 1. The molecule has 0 aliphatic rings. The van der Waals surface area contributed by atoms with E-state index in [9.17, 15) is 18.4 Å². The minimum Gasteiger partial charge on any atom is -0.384 e. The number of halogens is 3. The number of benzene rings is 2. The van der Waals surface area contributed by atoms with Gasteiger partial charge in [-0.1, -0.05) is 29.8 Å². The average Bonchev–Trinajstić information content (AvgIpc) is 3.54. The second-order valence-corrected chi connectivity index (χ2v) is 8.66. The van der Waals surface area contributed by atoms with Crippen molar-refractivity contribution < 1.29 is 18.4 Å². The van der Waals surface area contributed by atoms with Gasteiger partial charge in [0.15, 0.2) is 5.69 Å². The lowest BCUT2D eigenvalue weighted by atomic mass is 10.1. The molecule has 0 spiro atoms. The number of carbonyl (C=O) groups is 2. The summed E-state index contributed by atoms with van der Waals surface area (Å²) in [5.41, 5.74) is 6.25. The maximum absolute atomic E-state index is 14.7. The number of rotatable bonds is 7. The van der Waals surface area contributed by atoms with E-state index in [2.05, 4.69) is 30.9 Å². The Morgan fingerprint density at radius 1 is 1.03 bits per heavy atom. The van der Waals surface area contributed by atoms with Gasteiger partial charge in [-0.3, -0.25) is 19.7 Å². The van der Waals surface area contributed by atoms with Crippen LogP contribution >= 0.6 is 11.6 Å². The summed E-state index contributed by atoms with van der Waals surface area (Å²) in [6, 6.07) is 14.7. The van der Waals surface area contributed by atoms with E-state index in [0.29, 0.717) is 17.1 Å².